The Balaban J connectivity index is 1.72. The molecule has 2 amide bonds. The summed E-state index contributed by atoms with van der Waals surface area (Å²) in [5, 5.41) is 0. The Kier molecular flexibility index (Phi) is 8.12. The van der Waals surface area contributed by atoms with Crippen LogP contribution in [0, 0.1) is 5.92 Å². The van der Waals surface area contributed by atoms with E-state index in [1.807, 2.05) is 25.7 Å². The Morgan fingerprint density at radius 1 is 1.14 bits per heavy atom. The van der Waals surface area contributed by atoms with Gasteiger partial charge in [0.25, 0.3) is 0 Å². The van der Waals surface area contributed by atoms with Crippen LogP contribution in [0.25, 0.3) is 0 Å². The monoisotopic (exact) mass is 402 g/mol. The molecular weight excluding hydrogens is 364 g/mol. The van der Waals surface area contributed by atoms with Crippen LogP contribution in [0.3, 0.4) is 0 Å². The molecule has 1 aliphatic rings. The summed E-state index contributed by atoms with van der Waals surface area (Å²) in [6.07, 6.45) is 2.94. The van der Waals surface area contributed by atoms with Crippen molar-refractivity contribution >= 4 is 12.0 Å². The maximum absolute atomic E-state index is 12.6. The van der Waals surface area contributed by atoms with E-state index in [2.05, 4.69) is 38.1 Å². The van der Waals surface area contributed by atoms with Gasteiger partial charge in [0.15, 0.2) is 0 Å². The van der Waals surface area contributed by atoms with Gasteiger partial charge in [-0.3, -0.25) is 4.79 Å². The molecule has 0 spiro atoms. The van der Waals surface area contributed by atoms with Gasteiger partial charge in [-0.25, -0.2) is 4.79 Å². The number of hydrogen-bond donors (Lipinski definition) is 0. The average molecular weight is 403 g/mol. The molecular formula is C24H38N2O3. The van der Waals surface area contributed by atoms with Gasteiger partial charge < -0.3 is 14.5 Å². The number of ether oxygens (including phenoxy) is 1. The molecule has 1 aromatic carbocycles. The van der Waals surface area contributed by atoms with Gasteiger partial charge in [0.1, 0.15) is 5.60 Å². The standard InChI is InChI=1S/C24H38N2O3/c1-18(2)21-10-7-19(8-11-21)9-12-22(27)26-15-13-20(14-16-26)17-25(6)23(28)29-24(3,4)5/h7-8,10-11,18,20H,9,12-17H2,1-6H3. The van der Waals surface area contributed by atoms with Crippen LogP contribution < -0.4 is 0 Å². The van der Waals surface area contributed by atoms with Crippen molar-refractivity contribution in [1.82, 2.24) is 9.80 Å². The number of piperidine rings is 1. The topological polar surface area (TPSA) is 49.9 Å². The lowest BCUT2D eigenvalue weighted by Gasteiger charge is -2.34. The molecule has 0 bridgehead atoms. The molecule has 0 saturated carbocycles. The average Bonchev–Trinajstić information content (AvgIpc) is 2.65. The lowest BCUT2D eigenvalue weighted by Crippen LogP contribution is -2.43. The highest BCUT2D eigenvalue weighted by Crippen LogP contribution is 2.21. The van der Waals surface area contributed by atoms with Gasteiger partial charge in [0, 0.05) is 33.1 Å². The molecule has 1 aromatic rings. The second-order valence-electron chi connectivity index (χ2n) is 9.58. The Labute approximate surface area is 176 Å². The van der Waals surface area contributed by atoms with Crippen LogP contribution >= 0.6 is 0 Å². The maximum atomic E-state index is 12.6. The molecule has 0 unspecified atom stereocenters. The van der Waals surface area contributed by atoms with Crippen LogP contribution in [-0.4, -0.2) is 54.1 Å². The van der Waals surface area contributed by atoms with Crippen LogP contribution in [0.5, 0.6) is 0 Å². The van der Waals surface area contributed by atoms with Crippen molar-refractivity contribution in [3.05, 3.63) is 35.4 Å². The van der Waals surface area contributed by atoms with Crippen molar-refractivity contribution in [3.63, 3.8) is 0 Å². The molecule has 29 heavy (non-hydrogen) atoms. The molecule has 5 heteroatoms. The van der Waals surface area contributed by atoms with Gasteiger partial charge in [0.2, 0.25) is 5.91 Å². The SMILES string of the molecule is CC(C)c1ccc(CCC(=O)N2CCC(CN(C)C(=O)OC(C)(C)C)CC2)cc1. The van der Waals surface area contributed by atoms with Gasteiger partial charge in [-0.05, 0) is 63.0 Å². The predicted molar refractivity (Wildman–Crippen MR) is 117 cm³/mol. The number of rotatable bonds is 6. The van der Waals surface area contributed by atoms with E-state index in [9.17, 15) is 9.59 Å². The summed E-state index contributed by atoms with van der Waals surface area (Å²) in [5.74, 6) is 1.18. The number of benzene rings is 1. The minimum atomic E-state index is -0.476. The Morgan fingerprint density at radius 2 is 1.72 bits per heavy atom. The number of aryl methyl sites for hydroxylation is 1. The van der Waals surface area contributed by atoms with Gasteiger partial charge in [-0.2, -0.15) is 0 Å². The van der Waals surface area contributed by atoms with Crippen LogP contribution in [0.15, 0.2) is 24.3 Å². The zero-order valence-corrected chi connectivity index (χ0v) is 19.0. The Bertz CT molecular complexity index is 668. The quantitative estimate of drug-likeness (QED) is 0.683. The summed E-state index contributed by atoms with van der Waals surface area (Å²) in [5.41, 5.74) is 2.08. The summed E-state index contributed by atoms with van der Waals surface area (Å²) < 4.78 is 5.42. The first-order valence-corrected chi connectivity index (χ1v) is 10.9. The second kappa shape index (κ2) is 10.1. The van der Waals surface area contributed by atoms with Crippen LogP contribution in [0.4, 0.5) is 4.79 Å². The minimum absolute atomic E-state index is 0.233. The normalized spacial score (nSPS) is 15.5. The fourth-order valence-corrected chi connectivity index (χ4v) is 3.65. The number of hydrogen-bond acceptors (Lipinski definition) is 3. The summed E-state index contributed by atoms with van der Waals surface area (Å²) in [6, 6.07) is 8.61. The number of carbonyl (C=O) groups is 2. The van der Waals surface area contributed by atoms with Gasteiger partial charge in [-0.1, -0.05) is 38.1 Å². The molecule has 0 N–H and O–H groups in total. The number of amides is 2. The highest BCUT2D eigenvalue weighted by atomic mass is 16.6. The first kappa shape index (κ1) is 23.2. The van der Waals surface area contributed by atoms with Gasteiger partial charge in [-0.15, -0.1) is 0 Å². The third kappa shape index (κ3) is 7.71. The predicted octanol–water partition coefficient (Wildman–Crippen LogP) is 4.85. The molecule has 1 heterocycles. The molecule has 1 saturated heterocycles. The molecule has 162 valence electrons. The fraction of sp³-hybridized carbons (Fsp3) is 0.667. The third-order valence-corrected chi connectivity index (χ3v) is 5.48. The minimum Gasteiger partial charge on any atom is -0.444 e. The first-order valence-electron chi connectivity index (χ1n) is 10.9. The Morgan fingerprint density at radius 3 is 2.24 bits per heavy atom. The summed E-state index contributed by atoms with van der Waals surface area (Å²) in [4.78, 5) is 28.3. The van der Waals surface area contributed by atoms with E-state index in [-0.39, 0.29) is 12.0 Å². The highest BCUT2D eigenvalue weighted by molar-refractivity contribution is 5.76. The van der Waals surface area contributed by atoms with E-state index < -0.39 is 5.60 Å². The van der Waals surface area contributed by atoms with Gasteiger partial charge in [0.05, 0.1) is 0 Å². The van der Waals surface area contributed by atoms with E-state index in [4.69, 9.17) is 4.74 Å². The zero-order chi connectivity index (χ0) is 21.6. The molecule has 5 nitrogen and oxygen atoms in total. The van der Waals surface area contributed by atoms with Crippen molar-refractivity contribution in [2.45, 2.75) is 71.8 Å². The largest absolute Gasteiger partial charge is 0.444 e. The smallest absolute Gasteiger partial charge is 0.410 e. The highest BCUT2D eigenvalue weighted by Gasteiger charge is 2.26. The van der Waals surface area contributed by atoms with Crippen LogP contribution in [0.2, 0.25) is 0 Å². The van der Waals surface area contributed by atoms with E-state index >= 15 is 0 Å². The van der Waals surface area contributed by atoms with E-state index in [0.717, 1.165) is 32.4 Å². The lowest BCUT2D eigenvalue weighted by atomic mass is 9.95. The fourth-order valence-electron chi connectivity index (χ4n) is 3.65. The van der Waals surface area contributed by atoms with Crippen LogP contribution in [0.1, 0.15) is 70.9 Å². The first-order chi connectivity index (χ1) is 13.5. The van der Waals surface area contributed by atoms with E-state index in [1.165, 1.54) is 11.1 Å². The van der Waals surface area contributed by atoms with E-state index in [0.29, 0.717) is 24.8 Å². The number of nitrogens with zero attached hydrogens (tertiary/aromatic N) is 2. The third-order valence-electron chi connectivity index (χ3n) is 5.48. The van der Waals surface area contributed by atoms with Crippen LogP contribution in [-0.2, 0) is 16.0 Å². The Hall–Kier alpha value is -2.04. The molecule has 1 fully saturated rings. The lowest BCUT2D eigenvalue weighted by molar-refractivity contribution is -0.132. The van der Waals surface area contributed by atoms with Crippen molar-refractivity contribution in [2.24, 2.45) is 5.92 Å². The van der Waals surface area contributed by atoms with Crippen molar-refractivity contribution < 1.29 is 14.3 Å². The molecule has 0 radical (unpaired) electrons. The number of likely N-dealkylation sites (tertiary alicyclic amines) is 1. The van der Waals surface area contributed by atoms with E-state index in [1.54, 1.807) is 11.9 Å². The molecule has 1 aliphatic heterocycles. The van der Waals surface area contributed by atoms with Crippen molar-refractivity contribution in [3.8, 4) is 0 Å². The maximum Gasteiger partial charge on any atom is 0.410 e. The molecule has 0 aromatic heterocycles. The second-order valence-corrected chi connectivity index (χ2v) is 9.58. The summed E-state index contributed by atoms with van der Waals surface area (Å²) in [6.45, 7) is 12.2. The van der Waals surface area contributed by atoms with Gasteiger partial charge >= 0.3 is 6.09 Å². The zero-order valence-electron chi connectivity index (χ0n) is 19.0. The molecule has 0 atom stereocenters. The molecule has 2 rings (SSSR count). The van der Waals surface area contributed by atoms with Crippen molar-refractivity contribution in [1.29, 1.82) is 0 Å². The number of carbonyl (C=O) groups excluding carboxylic acids is 2. The van der Waals surface area contributed by atoms with Crippen molar-refractivity contribution in [2.75, 3.05) is 26.7 Å². The summed E-state index contributed by atoms with van der Waals surface area (Å²) >= 11 is 0. The molecule has 0 aliphatic carbocycles. The summed E-state index contributed by atoms with van der Waals surface area (Å²) in [7, 11) is 1.79.